The zero-order valence-electron chi connectivity index (χ0n) is 11.5. The molecule has 108 valence electrons. The van der Waals surface area contributed by atoms with E-state index in [-0.39, 0.29) is 16.9 Å². The lowest BCUT2D eigenvalue weighted by molar-refractivity contribution is 0.101. The van der Waals surface area contributed by atoms with Crippen molar-refractivity contribution in [2.24, 2.45) is 16.5 Å². The van der Waals surface area contributed by atoms with E-state index in [0.717, 1.165) is 17.3 Å². The van der Waals surface area contributed by atoms with E-state index in [1.54, 1.807) is 18.2 Å². The van der Waals surface area contributed by atoms with Crippen LogP contribution in [0.25, 0.3) is 0 Å². The van der Waals surface area contributed by atoms with E-state index in [1.807, 2.05) is 6.92 Å². The van der Waals surface area contributed by atoms with Crippen molar-refractivity contribution in [2.75, 3.05) is 6.61 Å². The van der Waals surface area contributed by atoms with Crippen LogP contribution in [-0.2, 0) is 5.75 Å². The highest BCUT2D eigenvalue weighted by Crippen LogP contribution is 2.25. The van der Waals surface area contributed by atoms with Crippen LogP contribution in [0.1, 0.15) is 29.8 Å². The number of ketones is 1. The van der Waals surface area contributed by atoms with Gasteiger partial charge >= 0.3 is 0 Å². The Bertz CT molecular complexity index is 539. The molecule has 0 aromatic heterocycles. The number of Topliss-reactive ketones (excluding diaryl/α,β-unsaturated/α-hetero) is 1. The van der Waals surface area contributed by atoms with Crippen molar-refractivity contribution in [3.05, 3.63) is 29.3 Å². The maximum Gasteiger partial charge on any atom is 0.193 e. The topological polar surface area (TPSA) is 115 Å². The average Bonchev–Trinajstić information content (AvgIpc) is 2.36. The lowest BCUT2D eigenvalue weighted by Crippen LogP contribution is -2.23. The number of guanidine groups is 1. The molecular formula is C13H18N4O2S. The quantitative estimate of drug-likeness (QED) is 0.434. The molecule has 0 aliphatic rings. The van der Waals surface area contributed by atoms with E-state index >= 15 is 0 Å². The van der Waals surface area contributed by atoms with Gasteiger partial charge < -0.3 is 16.2 Å². The number of hydrogen-bond donors (Lipinski definition) is 3. The number of thioether (sulfide) groups is 1. The second kappa shape index (κ2) is 7.54. The fraction of sp³-hybridized carbons (Fsp3) is 0.308. The maximum atomic E-state index is 11.4. The van der Waals surface area contributed by atoms with E-state index in [4.69, 9.17) is 21.6 Å². The standard InChI is InChI=1S/C13H18N4O2S/c1-3-19-11-5-4-9(8(2)18)6-10(11)7-20-13(16)17-12(14)15/h4-6H,3,7H2,1-2H3,(H5,14,15,16,17). The first-order valence-electron chi connectivity index (χ1n) is 6.01. The number of carbonyl (C=O) groups excluding carboxylic acids is 1. The smallest absolute Gasteiger partial charge is 0.193 e. The van der Waals surface area contributed by atoms with Gasteiger partial charge in [0.05, 0.1) is 6.61 Å². The predicted molar refractivity (Wildman–Crippen MR) is 82.4 cm³/mol. The molecule has 7 heteroatoms. The van der Waals surface area contributed by atoms with E-state index in [1.165, 1.54) is 6.92 Å². The lowest BCUT2D eigenvalue weighted by atomic mass is 10.1. The molecule has 0 bridgehead atoms. The molecule has 1 rings (SSSR count). The molecule has 1 aromatic carbocycles. The van der Waals surface area contributed by atoms with Gasteiger partial charge in [-0.25, -0.2) is 0 Å². The summed E-state index contributed by atoms with van der Waals surface area (Å²) in [6.07, 6.45) is 0. The Morgan fingerprint density at radius 1 is 1.45 bits per heavy atom. The minimum atomic E-state index is -0.148. The summed E-state index contributed by atoms with van der Waals surface area (Å²) in [5, 5.41) is 7.60. The molecule has 0 fully saturated rings. The van der Waals surface area contributed by atoms with Crippen molar-refractivity contribution in [3.8, 4) is 5.75 Å². The summed E-state index contributed by atoms with van der Waals surface area (Å²) in [5.41, 5.74) is 11.9. The second-order valence-corrected chi connectivity index (χ2v) is 4.91. The predicted octanol–water partition coefficient (Wildman–Crippen LogP) is 1.73. The molecule has 0 aliphatic heterocycles. The molecule has 1 aromatic rings. The number of aliphatic imine (C=N–C) groups is 1. The molecule has 0 saturated heterocycles. The van der Waals surface area contributed by atoms with Crippen molar-refractivity contribution in [1.82, 2.24) is 0 Å². The highest BCUT2D eigenvalue weighted by atomic mass is 32.2. The Morgan fingerprint density at radius 2 is 2.15 bits per heavy atom. The third-order valence-corrected chi connectivity index (χ3v) is 3.18. The van der Waals surface area contributed by atoms with Crippen molar-refractivity contribution < 1.29 is 9.53 Å². The first-order valence-corrected chi connectivity index (χ1v) is 7.00. The Morgan fingerprint density at radius 3 is 2.70 bits per heavy atom. The summed E-state index contributed by atoms with van der Waals surface area (Å²) >= 11 is 1.16. The number of ether oxygens (including phenoxy) is 1. The van der Waals surface area contributed by atoms with E-state index in [9.17, 15) is 4.79 Å². The van der Waals surface area contributed by atoms with Gasteiger partial charge in [-0.05, 0) is 32.0 Å². The van der Waals surface area contributed by atoms with Crippen LogP contribution in [0.3, 0.4) is 0 Å². The number of amidine groups is 1. The molecule has 5 N–H and O–H groups in total. The van der Waals surface area contributed by atoms with Crippen LogP contribution in [0.2, 0.25) is 0 Å². The number of nitrogens with two attached hydrogens (primary N) is 2. The molecule has 6 nitrogen and oxygen atoms in total. The third-order valence-electron chi connectivity index (χ3n) is 2.36. The van der Waals surface area contributed by atoms with Crippen LogP contribution >= 0.6 is 11.8 Å². The average molecular weight is 294 g/mol. The zero-order chi connectivity index (χ0) is 15.1. The summed E-state index contributed by atoms with van der Waals surface area (Å²) in [5.74, 6) is 0.984. The maximum absolute atomic E-state index is 11.4. The van der Waals surface area contributed by atoms with Gasteiger partial charge in [-0.15, -0.1) is 0 Å². The zero-order valence-corrected chi connectivity index (χ0v) is 12.3. The fourth-order valence-corrected chi connectivity index (χ4v) is 2.19. The molecule has 0 aliphatic carbocycles. The number of hydrogen-bond acceptors (Lipinski definition) is 4. The summed E-state index contributed by atoms with van der Waals surface area (Å²) < 4.78 is 5.50. The number of nitrogens with zero attached hydrogens (tertiary/aromatic N) is 1. The minimum Gasteiger partial charge on any atom is -0.494 e. The Labute approximate surface area is 122 Å². The second-order valence-electron chi connectivity index (χ2n) is 3.94. The van der Waals surface area contributed by atoms with Gasteiger partial charge in [-0.1, -0.05) is 11.8 Å². The fourth-order valence-electron chi connectivity index (χ4n) is 1.50. The molecule has 0 atom stereocenters. The van der Waals surface area contributed by atoms with E-state index < -0.39 is 0 Å². The van der Waals surface area contributed by atoms with Gasteiger partial charge in [-0.3, -0.25) is 10.2 Å². The van der Waals surface area contributed by atoms with Gasteiger partial charge in [0.2, 0.25) is 0 Å². The SMILES string of the molecule is CCOc1ccc(C(C)=O)cc1CSC(=N)N=C(N)N. The normalized spacial score (nSPS) is 9.90. The van der Waals surface area contributed by atoms with Crippen molar-refractivity contribution in [3.63, 3.8) is 0 Å². The van der Waals surface area contributed by atoms with Crippen LogP contribution in [0.5, 0.6) is 5.75 Å². The number of carbonyl (C=O) groups is 1. The van der Waals surface area contributed by atoms with Crippen molar-refractivity contribution in [2.45, 2.75) is 19.6 Å². The number of rotatable bonds is 5. The van der Waals surface area contributed by atoms with Gasteiger partial charge in [0.1, 0.15) is 5.75 Å². The largest absolute Gasteiger partial charge is 0.494 e. The molecule has 0 heterocycles. The molecule has 20 heavy (non-hydrogen) atoms. The lowest BCUT2D eigenvalue weighted by Gasteiger charge is -2.11. The first kappa shape index (κ1) is 16.0. The molecule has 0 spiro atoms. The first-order chi connectivity index (χ1) is 9.43. The molecule has 0 saturated carbocycles. The summed E-state index contributed by atoms with van der Waals surface area (Å²) in [6.45, 7) is 3.92. The van der Waals surface area contributed by atoms with Crippen molar-refractivity contribution >= 4 is 28.7 Å². The van der Waals surface area contributed by atoms with Crippen LogP contribution in [0.15, 0.2) is 23.2 Å². The van der Waals surface area contributed by atoms with Gasteiger partial charge in [0, 0.05) is 16.9 Å². The molecular weight excluding hydrogens is 276 g/mol. The van der Waals surface area contributed by atoms with Crippen molar-refractivity contribution in [1.29, 1.82) is 5.41 Å². The van der Waals surface area contributed by atoms with Crippen LogP contribution in [0, 0.1) is 5.41 Å². The molecule has 0 amide bonds. The summed E-state index contributed by atoms with van der Waals surface area (Å²) in [6, 6.07) is 5.26. The number of nitrogens with one attached hydrogen (secondary N) is 1. The van der Waals surface area contributed by atoms with E-state index in [2.05, 4.69) is 4.99 Å². The molecule has 0 radical (unpaired) electrons. The highest BCUT2D eigenvalue weighted by molar-refractivity contribution is 8.13. The van der Waals surface area contributed by atoms with Gasteiger partial charge in [0.25, 0.3) is 0 Å². The monoisotopic (exact) mass is 294 g/mol. The van der Waals surface area contributed by atoms with Gasteiger partial charge in [-0.2, -0.15) is 4.99 Å². The van der Waals surface area contributed by atoms with E-state index in [0.29, 0.717) is 23.7 Å². The third kappa shape index (κ3) is 4.93. The van der Waals surface area contributed by atoms with Crippen LogP contribution < -0.4 is 16.2 Å². The highest BCUT2D eigenvalue weighted by Gasteiger charge is 2.09. The van der Waals surface area contributed by atoms with Gasteiger partial charge in [0.15, 0.2) is 16.9 Å². The van der Waals surface area contributed by atoms with Crippen LogP contribution in [-0.4, -0.2) is 23.5 Å². The Hall–Kier alpha value is -2.02. The number of benzene rings is 1. The molecule has 0 unspecified atom stereocenters. The summed E-state index contributed by atoms with van der Waals surface area (Å²) in [7, 11) is 0. The Kier molecular flexibility index (Phi) is 6.05. The Balaban J connectivity index is 2.90. The van der Waals surface area contributed by atoms with Crippen LogP contribution in [0.4, 0.5) is 0 Å². The summed E-state index contributed by atoms with van der Waals surface area (Å²) in [4.78, 5) is 15.0. The minimum absolute atomic E-state index is 0.0145.